The number of aliphatic hydroxyl groups is 2. The van der Waals surface area contributed by atoms with E-state index in [4.69, 9.17) is 80.3 Å². The Morgan fingerprint density at radius 1 is 0.817 bits per heavy atom. The number of benzene rings is 1. The summed E-state index contributed by atoms with van der Waals surface area (Å²) in [6, 6.07) is 5.18. The van der Waals surface area contributed by atoms with Gasteiger partial charge in [-0.2, -0.15) is 5.70 Å². The van der Waals surface area contributed by atoms with Crippen LogP contribution < -0.4 is 44.6 Å². The molecule has 7 heterocycles. The van der Waals surface area contributed by atoms with Crippen LogP contribution in [0.15, 0.2) is 49.3 Å². The molecule has 28 nitrogen and oxygen atoms in total. The summed E-state index contributed by atoms with van der Waals surface area (Å²) >= 11 is 0. The summed E-state index contributed by atoms with van der Waals surface area (Å²) in [6.45, 7) is 23.4. The zero-order valence-electron chi connectivity index (χ0n) is 54.2. The maximum absolute atomic E-state index is 14.3. The number of aliphatic imine (C=N–C) groups is 3. The molecule has 2 aromatic rings. The number of rotatable bonds is 26. The van der Waals surface area contributed by atoms with Gasteiger partial charge in [-0.3, -0.25) is 57.7 Å². The van der Waals surface area contributed by atoms with Crippen molar-refractivity contribution < 1.29 is 83.8 Å². The predicted octanol–water partition coefficient (Wildman–Crippen LogP) is 2.81. The smallest absolute Gasteiger partial charge is 0.756 e. The molecule has 1 aromatic heterocycles. The second-order valence-electron chi connectivity index (χ2n) is 26.7. The van der Waals surface area contributed by atoms with Crippen LogP contribution in [0.4, 0.5) is 0 Å². The molecule has 0 aliphatic carbocycles. The van der Waals surface area contributed by atoms with Crippen LogP contribution in [0, 0.1) is 89.5 Å². The summed E-state index contributed by atoms with van der Waals surface area (Å²) in [6.07, 6.45) is -3.83. The first-order valence-electron chi connectivity index (χ1n) is 30.5. The Balaban J connectivity index is 0.00000453. The predicted molar refractivity (Wildman–Crippen MR) is 333 cm³/mol. The van der Waals surface area contributed by atoms with Crippen LogP contribution >= 0.6 is 7.82 Å². The van der Waals surface area contributed by atoms with E-state index in [1.165, 1.54) is 11.5 Å². The van der Waals surface area contributed by atoms with Crippen LogP contribution in [0.3, 0.4) is 0 Å². The minimum absolute atomic E-state index is 0. The first-order valence-corrected chi connectivity index (χ1v) is 32.0. The number of primary amides is 6. The number of aryl methyl sites for hydroxylation is 2. The van der Waals surface area contributed by atoms with Gasteiger partial charge in [0.2, 0.25) is 41.4 Å². The van der Waals surface area contributed by atoms with Crippen molar-refractivity contribution in [3.05, 3.63) is 75.8 Å². The van der Waals surface area contributed by atoms with Crippen molar-refractivity contribution in [3.8, 4) is 0 Å². The Morgan fingerprint density at radius 3 is 1.97 bits per heavy atom. The van der Waals surface area contributed by atoms with Gasteiger partial charge in [0.25, 0.3) is 7.82 Å². The van der Waals surface area contributed by atoms with E-state index in [9.17, 15) is 53.2 Å². The van der Waals surface area contributed by atoms with Gasteiger partial charge in [-0.15, -0.1) is 0 Å². The van der Waals surface area contributed by atoms with E-state index in [0.29, 0.717) is 56.4 Å². The van der Waals surface area contributed by atoms with Gasteiger partial charge in [0.15, 0.2) is 12.6 Å². The third-order valence-electron chi connectivity index (χ3n) is 20.2. The SMILES string of the molecule is C/C1=C2/[N-][C@H]([C@H](CC(N)=O)[C@@]2(C)CCC(=O)NC[C@@H](C)OP(=O)([O-])O[C@H]2[C@@H](O)[C@@H](n3[13c]n[13c]4[13c][13c](C)[13c](C)[13c][13c]43)O[C@@H]2CO)[C@]2(C)N=C(/C(C)=C3N=C(/C=C4N=C1[C@@H](CCC(N)=O)C\4(C)C)[C@@H](CCC(N)=O)[C@]\3(C)CC(N)=O)[C@@H](CCC(N)=O)[C@]2(C)CC(N)=O.[C-]#N.[Co+3]. The number of phosphoric ester groups is 1. The topological polar surface area (TPSA) is 489 Å². The molecule has 3 radical (unpaired) electrons. The number of ether oxygens (including phenoxy) is 1. The molecule has 505 valence electrons. The summed E-state index contributed by atoms with van der Waals surface area (Å²) in [5, 5.41) is 36.3. The molecule has 6 aliphatic rings. The number of allylic oxidation sites excluding steroid dienone is 6. The number of hydrogen-bond acceptors (Lipinski definition) is 19. The minimum Gasteiger partial charge on any atom is -0.756 e. The molecule has 15 N–H and O–H groups in total. The molecule has 8 bridgehead atoms. The van der Waals surface area contributed by atoms with Gasteiger partial charge in [-0.05, 0) is 107 Å². The van der Waals surface area contributed by atoms with Gasteiger partial charge in [0, 0.05) is 120 Å². The second-order valence-corrected chi connectivity index (χ2v) is 28.0. The normalized spacial score (nSPS) is 33.1. The van der Waals surface area contributed by atoms with Gasteiger partial charge in [-0.25, -0.2) is 4.98 Å². The van der Waals surface area contributed by atoms with E-state index in [1.54, 1.807) is 20.8 Å². The number of imidazole rings is 1. The van der Waals surface area contributed by atoms with Gasteiger partial charge in [0.1, 0.15) is 18.3 Å². The fraction of sp³-hybridized carbons (Fsp3) is 0.619. The summed E-state index contributed by atoms with van der Waals surface area (Å²) in [5.41, 5.74) is 35.7. The second kappa shape index (κ2) is 28.5. The molecule has 0 saturated carbocycles. The Labute approximate surface area is 551 Å². The van der Waals surface area contributed by atoms with Crippen molar-refractivity contribution in [3.63, 3.8) is 0 Å². The number of aromatic nitrogens is 2. The maximum atomic E-state index is 14.3. The molecule has 8 rings (SSSR count). The summed E-state index contributed by atoms with van der Waals surface area (Å²) in [5.74, 6) is -7.45. The fourth-order valence-electron chi connectivity index (χ4n) is 15.1. The van der Waals surface area contributed by atoms with E-state index in [2.05, 4.69) is 28.8 Å². The van der Waals surface area contributed by atoms with E-state index in [1.807, 2.05) is 54.5 Å². The number of phosphoric acid groups is 1. The van der Waals surface area contributed by atoms with Gasteiger partial charge in [-0.1, -0.05) is 40.7 Å². The van der Waals surface area contributed by atoms with E-state index in [0.717, 1.165) is 11.1 Å². The largest absolute Gasteiger partial charge is 3.00 e. The maximum Gasteiger partial charge on any atom is 3.00 e. The number of aliphatic hydroxyl groups excluding tert-OH is 2. The summed E-state index contributed by atoms with van der Waals surface area (Å²) < 4.78 is 31.5. The van der Waals surface area contributed by atoms with Gasteiger partial charge >= 0.3 is 16.8 Å². The average Bonchev–Trinajstić information content (AvgIpc) is 1.53. The quantitative estimate of drug-likeness (QED) is 0.0483. The first kappa shape index (κ1) is 75.0. The zero-order chi connectivity index (χ0) is 68.7. The van der Waals surface area contributed by atoms with E-state index in [-0.39, 0.29) is 94.0 Å². The number of hydrogen-bond donors (Lipinski definition) is 9. The van der Waals surface area contributed by atoms with Crippen LogP contribution in [0.25, 0.3) is 16.4 Å². The van der Waals surface area contributed by atoms with Crippen LogP contribution in [0.2, 0.25) is 0 Å². The molecule has 6 aliphatic heterocycles. The number of nitrogens with one attached hydrogen (secondary N) is 1. The third kappa shape index (κ3) is 14.6. The third-order valence-corrected chi connectivity index (χ3v) is 21.3. The van der Waals surface area contributed by atoms with Crippen molar-refractivity contribution in [1.29, 1.82) is 5.26 Å². The van der Waals surface area contributed by atoms with Crippen LogP contribution in [-0.2, 0) is 68.7 Å². The molecule has 0 spiro atoms. The number of carbonyl (C=O) groups is 7. The Morgan fingerprint density at radius 2 is 1.40 bits per heavy atom. The number of nitrogens with two attached hydrogens (primary N) is 6. The summed E-state index contributed by atoms with van der Waals surface area (Å²) in [4.78, 5) is 128. The van der Waals surface area contributed by atoms with Crippen molar-refractivity contribution >= 4 is 77.3 Å². The van der Waals surface area contributed by atoms with Crippen LogP contribution in [0.1, 0.15) is 150 Å². The number of fused-ring (bicyclic) bond motifs is 7. The molecule has 1 unspecified atom stereocenters. The van der Waals surface area contributed by atoms with Crippen molar-refractivity contribution in [2.75, 3.05) is 13.2 Å². The Bertz CT molecular complexity index is 3600. The molecule has 2 fully saturated rings. The summed E-state index contributed by atoms with van der Waals surface area (Å²) in [7, 11) is -5.34. The van der Waals surface area contributed by atoms with E-state index < -0.39 is 143 Å². The molecule has 1 aromatic carbocycles. The number of nitrogens with zero attached hydrogens (tertiary/aromatic N) is 7. The average molecular weight is 1360 g/mol. The molecule has 7 amide bonds. The zero-order valence-corrected chi connectivity index (χ0v) is 56.1. The molecular formula is C63H85CoN14O14P. The Hall–Kier alpha value is -7.00. The van der Waals surface area contributed by atoms with Crippen molar-refractivity contribution in [2.24, 2.45) is 94.7 Å². The molecule has 15 atom stereocenters. The Kier molecular flexibility index (Phi) is 23.0. The van der Waals surface area contributed by atoms with Crippen molar-refractivity contribution in [2.45, 2.75) is 189 Å². The minimum atomic E-state index is -5.34. The monoisotopic (exact) mass is 1360 g/mol. The number of amides is 7. The standard InChI is InChI=1S/C62H87N13O14P.CN.Co/c1-29-20-39-40(21-30(29)2)75(28-70-39)57-52(84)53(41(27-76)87-57)89-90(85,86)88-31(3)26-69-49(83)18-19-59(8)37(22-46(66)80)56-62(11)61(10,25-48(68)82)36(14-17-45(65)79)51(74-62)33(5)55-60(9,24-47(67)81)34(12-15-43(63)77)38(71-55)23-42-58(6,7)35(13-16-44(64)78)50(72-42)32(4)54(59)73-56;1-2;/h23,31,34-37,41,52-53,56-57,76,84H,12-19,22,24-27H2,1-11H3,(H15,63,64,65,66,67,68,69,71,72,73,74,77,78,79,80,81,82,83,85,86);;/q;-1;+3/p-2/t31-,34-,35-,36-,37+,41-,52-,53-,56-,57+,59-,60+,61+,62+;;/m1../s1/i20+1,21+1,28+1,29+1,30+1,39+1,40+1;;. The molecule has 93 heavy (non-hydrogen) atoms. The number of carbonyl (C=O) groups excluding carboxylic acids is 7. The van der Waals surface area contributed by atoms with Crippen LogP contribution in [-0.4, -0.2) is 127 Å². The fourth-order valence-corrected chi connectivity index (χ4v) is 16.2. The van der Waals surface area contributed by atoms with E-state index >= 15 is 0 Å². The first-order chi connectivity index (χ1) is 42.8. The molecular weight excluding hydrogens is 1270 g/mol. The van der Waals surface area contributed by atoms with Gasteiger partial charge in [0.05, 0.1) is 35.0 Å². The van der Waals surface area contributed by atoms with Gasteiger partial charge < -0.3 is 85.8 Å². The molecule has 30 heteroatoms. The van der Waals surface area contributed by atoms with Crippen molar-refractivity contribution in [1.82, 2.24) is 14.9 Å². The van der Waals surface area contributed by atoms with Crippen LogP contribution in [0.5, 0.6) is 0 Å². The molecule has 2 saturated heterocycles.